The number of halogens is 1. The van der Waals surface area contributed by atoms with E-state index in [1.54, 1.807) is 0 Å². The Kier molecular flexibility index (Phi) is 5.05. The fourth-order valence-corrected chi connectivity index (χ4v) is 4.60. The van der Waals surface area contributed by atoms with Crippen LogP contribution in [-0.4, -0.2) is 22.5 Å². The van der Waals surface area contributed by atoms with E-state index in [9.17, 15) is 4.79 Å². The van der Waals surface area contributed by atoms with Crippen molar-refractivity contribution < 1.29 is 9.53 Å². The summed E-state index contributed by atoms with van der Waals surface area (Å²) < 4.78 is 6.73. The van der Waals surface area contributed by atoms with Crippen molar-refractivity contribution in [3.63, 3.8) is 0 Å². The van der Waals surface area contributed by atoms with Gasteiger partial charge in [0.1, 0.15) is 6.61 Å². The first kappa shape index (κ1) is 18.9. The number of benzene rings is 3. The van der Waals surface area contributed by atoms with Crippen LogP contribution in [0.5, 0.6) is 0 Å². The zero-order valence-electron chi connectivity index (χ0n) is 16.3. The fraction of sp³-hybridized carbons (Fsp3) is 0.160. The molecule has 1 unspecified atom stereocenters. The van der Waals surface area contributed by atoms with Crippen molar-refractivity contribution in [2.24, 2.45) is 0 Å². The highest BCUT2D eigenvalue weighted by atomic mass is 79.9. The lowest BCUT2D eigenvalue weighted by Gasteiger charge is -2.36. The van der Waals surface area contributed by atoms with Gasteiger partial charge < -0.3 is 9.72 Å². The summed E-state index contributed by atoms with van der Waals surface area (Å²) in [5.74, 6) is 0. The summed E-state index contributed by atoms with van der Waals surface area (Å²) >= 11 is 3.58. The minimum absolute atomic E-state index is 0.193. The molecule has 0 bridgehead atoms. The Morgan fingerprint density at radius 3 is 2.70 bits per heavy atom. The third kappa shape index (κ3) is 3.50. The molecule has 1 aliphatic heterocycles. The average molecular weight is 461 g/mol. The highest BCUT2D eigenvalue weighted by Crippen LogP contribution is 2.39. The number of H-pyrrole nitrogens is 1. The van der Waals surface area contributed by atoms with Crippen molar-refractivity contribution in [3.8, 4) is 0 Å². The number of carbonyl (C=O) groups excluding carboxylic acids is 1. The molecule has 5 rings (SSSR count). The molecule has 0 saturated heterocycles. The minimum atomic E-state index is -0.289. The number of hydrogen-bond donors (Lipinski definition) is 1. The zero-order valence-corrected chi connectivity index (χ0v) is 17.9. The Bertz CT molecular complexity index is 1200. The van der Waals surface area contributed by atoms with E-state index in [4.69, 9.17) is 4.74 Å². The van der Waals surface area contributed by atoms with E-state index in [-0.39, 0.29) is 18.7 Å². The largest absolute Gasteiger partial charge is 0.445 e. The number of aromatic amines is 1. The lowest BCUT2D eigenvalue weighted by molar-refractivity contribution is 0.0839. The number of carbonyl (C=O) groups is 1. The van der Waals surface area contributed by atoms with E-state index in [1.807, 2.05) is 53.6 Å². The van der Waals surface area contributed by atoms with Gasteiger partial charge in [0.2, 0.25) is 0 Å². The molecule has 0 spiro atoms. The zero-order chi connectivity index (χ0) is 20.5. The van der Waals surface area contributed by atoms with E-state index in [2.05, 4.69) is 51.2 Å². The molecule has 4 aromatic rings. The molecule has 1 atom stereocenters. The Balaban J connectivity index is 1.53. The predicted molar refractivity (Wildman–Crippen MR) is 121 cm³/mol. The number of fused-ring (bicyclic) bond motifs is 2. The third-order valence-corrected chi connectivity index (χ3v) is 6.19. The van der Waals surface area contributed by atoms with Gasteiger partial charge in [-0.15, -0.1) is 0 Å². The molecule has 3 aromatic carbocycles. The Morgan fingerprint density at radius 2 is 1.83 bits per heavy atom. The number of nitrogens with one attached hydrogen (secondary N) is 1. The third-order valence-electron chi connectivity index (χ3n) is 5.69. The van der Waals surface area contributed by atoms with Crippen molar-refractivity contribution in [1.82, 2.24) is 9.88 Å². The molecule has 4 nitrogen and oxygen atoms in total. The van der Waals surface area contributed by atoms with Crippen molar-refractivity contribution in [2.75, 3.05) is 6.54 Å². The van der Waals surface area contributed by atoms with Crippen LogP contribution in [0.25, 0.3) is 10.9 Å². The summed E-state index contributed by atoms with van der Waals surface area (Å²) in [7, 11) is 0. The van der Waals surface area contributed by atoms with Gasteiger partial charge in [-0.25, -0.2) is 4.79 Å². The van der Waals surface area contributed by atoms with Gasteiger partial charge in [-0.05, 0) is 41.3 Å². The summed E-state index contributed by atoms with van der Waals surface area (Å²) in [4.78, 5) is 18.4. The second kappa shape index (κ2) is 8.00. The molecule has 0 saturated carbocycles. The molecular formula is C25H21BrN2O2. The normalized spacial score (nSPS) is 15.8. The van der Waals surface area contributed by atoms with E-state index in [0.29, 0.717) is 6.54 Å². The molecule has 0 aliphatic carbocycles. The summed E-state index contributed by atoms with van der Waals surface area (Å²) in [6.45, 7) is 0.889. The Morgan fingerprint density at radius 1 is 1.03 bits per heavy atom. The van der Waals surface area contributed by atoms with Crippen molar-refractivity contribution in [2.45, 2.75) is 19.1 Å². The first-order valence-corrected chi connectivity index (χ1v) is 10.8. The standard InChI is InChI=1S/C25H21BrN2O2/c26-19-10-11-23-21(14-19)22(15-27-23)24-20-9-5-4-8-18(20)12-13-28(24)25(29)30-16-17-6-2-1-3-7-17/h1-11,14-15,24,27H,12-13,16H2. The van der Waals surface area contributed by atoms with Gasteiger partial charge in [0.05, 0.1) is 6.04 Å². The minimum Gasteiger partial charge on any atom is -0.445 e. The van der Waals surface area contributed by atoms with Gasteiger partial charge in [-0.3, -0.25) is 4.90 Å². The van der Waals surface area contributed by atoms with E-state index >= 15 is 0 Å². The number of rotatable bonds is 3. The SMILES string of the molecule is O=C(OCc1ccccc1)N1CCc2ccccc2C1c1c[nH]c2ccc(Br)cc12. The molecule has 5 heteroatoms. The monoisotopic (exact) mass is 460 g/mol. The number of ether oxygens (including phenoxy) is 1. The highest BCUT2D eigenvalue weighted by molar-refractivity contribution is 9.10. The molecule has 1 aromatic heterocycles. The van der Waals surface area contributed by atoms with Crippen LogP contribution < -0.4 is 0 Å². The van der Waals surface area contributed by atoms with Gasteiger partial charge >= 0.3 is 6.09 Å². The molecule has 2 heterocycles. The van der Waals surface area contributed by atoms with Crippen LogP contribution in [0.3, 0.4) is 0 Å². The number of hydrogen-bond acceptors (Lipinski definition) is 2. The van der Waals surface area contributed by atoms with Crippen molar-refractivity contribution in [3.05, 3.63) is 106 Å². The molecule has 0 radical (unpaired) electrons. The van der Waals surface area contributed by atoms with Gasteiger partial charge in [-0.2, -0.15) is 0 Å². The van der Waals surface area contributed by atoms with Gasteiger partial charge in [0.25, 0.3) is 0 Å². The maximum absolute atomic E-state index is 13.2. The number of aromatic nitrogens is 1. The number of amides is 1. The molecule has 1 amide bonds. The van der Waals surface area contributed by atoms with Crippen molar-refractivity contribution >= 4 is 32.9 Å². The lowest BCUT2D eigenvalue weighted by atomic mass is 9.88. The molecule has 0 fully saturated rings. The van der Waals surface area contributed by atoms with E-state index in [0.717, 1.165) is 38.5 Å². The fourth-order valence-electron chi connectivity index (χ4n) is 4.24. The molecular weight excluding hydrogens is 440 g/mol. The summed E-state index contributed by atoms with van der Waals surface area (Å²) in [6.07, 6.45) is 2.54. The first-order valence-electron chi connectivity index (χ1n) is 10.0. The molecule has 1 N–H and O–H groups in total. The lowest BCUT2D eigenvalue weighted by Crippen LogP contribution is -2.40. The Labute approximate surface area is 183 Å². The van der Waals surface area contributed by atoms with Crippen LogP contribution in [0.1, 0.15) is 28.3 Å². The summed E-state index contributed by atoms with van der Waals surface area (Å²) in [5.41, 5.74) is 5.54. The second-order valence-corrected chi connectivity index (χ2v) is 8.43. The van der Waals surface area contributed by atoms with Gasteiger partial charge in [0.15, 0.2) is 0 Å². The van der Waals surface area contributed by atoms with Gasteiger partial charge in [-0.1, -0.05) is 70.5 Å². The average Bonchev–Trinajstić information content (AvgIpc) is 3.20. The summed E-state index contributed by atoms with van der Waals surface area (Å²) in [6, 6.07) is 24.1. The topological polar surface area (TPSA) is 45.3 Å². The van der Waals surface area contributed by atoms with Crippen LogP contribution in [0, 0.1) is 0 Å². The number of nitrogens with zero attached hydrogens (tertiary/aromatic N) is 1. The van der Waals surface area contributed by atoms with Crippen LogP contribution in [0.15, 0.2) is 83.5 Å². The predicted octanol–water partition coefficient (Wildman–Crippen LogP) is 6.21. The summed E-state index contributed by atoms with van der Waals surface area (Å²) in [5, 5.41) is 1.10. The highest BCUT2D eigenvalue weighted by Gasteiger charge is 2.34. The molecule has 30 heavy (non-hydrogen) atoms. The van der Waals surface area contributed by atoms with Crippen LogP contribution in [0.4, 0.5) is 4.79 Å². The van der Waals surface area contributed by atoms with Crippen LogP contribution in [-0.2, 0) is 17.8 Å². The second-order valence-electron chi connectivity index (χ2n) is 7.52. The maximum atomic E-state index is 13.2. The van der Waals surface area contributed by atoms with Crippen molar-refractivity contribution in [1.29, 1.82) is 0 Å². The molecule has 150 valence electrons. The maximum Gasteiger partial charge on any atom is 0.410 e. The van der Waals surface area contributed by atoms with Crippen LogP contribution in [0.2, 0.25) is 0 Å². The quantitative estimate of drug-likeness (QED) is 0.394. The van der Waals surface area contributed by atoms with E-state index < -0.39 is 0 Å². The Hall–Kier alpha value is -3.05. The van der Waals surface area contributed by atoms with Gasteiger partial charge in [0, 0.05) is 33.7 Å². The van der Waals surface area contributed by atoms with Crippen LogP contribution >= 0.6 is 15.9 Å². The molecule has 1 aliphatic rings. The smallest absolute Gasteiger partial charge is 0.410 e. The first-order chi connectivity index (χ1) is 14.7. The van der Waals surface area contributed by atoms with E-state index in [1.165, 1.54) is 5.56 Å².